The molecule has 0 bridgehead atoms. The van der Waals surface area contributed by atoms with Crippen LogP contribution in [0.1, 0.15) is 5.56 Å². The molecule has 0 aliphatic carbocycles. The number of nitrogens with one attached hydrogen (secondary N) is 1. The summed E-state index contributed by atoms with van der Waals surface area (Å²) in [5.41, 5.74) is 2.01. The maximum Gasteiger partial charge on any atom is 0.227 e. The van der Waals surface area contributed by atoms with Gasteiger partial charge in [-0.2, -0.15) is 4.98 Å². The number of benzene rings is 2. The Balaban J connectivity index is 1.35. The summed E-state index contributed by atoms with van der Waals surface area (Å²) in [6.07, 6.45) is 1.77. The molecule has 144 valence electrons. The van der Waals surface area contributed by atoms with E-state index in [0.717, 1.165) is 46.9 Å². The molecule has 1 saturated heterocycles. The fourth-order valence-corrected chi connectivity index (χ4v) is 2.99. The minimum Gasteiger partial charge on any atom is -0.489 e. The van der Waals surface area contributed by atoms with E-state index in [1.165, 1.54) is 0 Å². The van der Waals surface area contributed by atoms with Crippen LogP contribution in [0, 0.1) is 0 Å². The number of morpholine rings is 1. The molecule has 3 aromatic rings. The molecule has 0 saturated carbocycles. The molecular weight excluding hydrogens is 376 g/mol. The number of anilines is 3. The van der Waals surface area contributed by atoms with Crippen LogP contribution in [0.2, 0.25) is 5.02 Å². The molecule has 4 rings (SSSR count). The lowest BCUT2D eigenvalue weighted by Gasteiger charge is -2.26. The maximum atomic E-state index is 5.90. The lowest BCUT2D eigenvalue weighted by atomic mass is 10.2. The van der Waals surface area contributed by atoms with Gasteiger partial charge in [-0.25, -0.2) is 4.98 Å². The molecule has 1 aliphatic heterocycles. The molecule has 0 atom stereocenters. The third kappa shape index (κ3) is 4.91. The molecule has 2 aromatic carbocycles. The van der Waals surface area contributed by atoms with E-state index in [1.807, 2.05) is 54.6 Å². The lowest BCUT2D eigenvalue weighted by molar-refractivity contribution is 0.122. The van der Waals surface area contributed by atoms with Crippen molar-refractivity contribution in [2.45, 2.75) is 6.61 Å². The minimum atomic E-state index is 0.499. The van der Waals surface area contributed by atoms with Crippen LogP contribution in [0.4, 0.5) is 17.5 Å². The van der Waals surface area contributed by atoms with E-state index in [2.05, 4.69) is 20.2 Å². The van der Waals surface area contributed by atoms with Crippen LogP contribution in [-0.2, 0) is 11.3 Å². The van der Waals surface area contributed by atoms with Gasteiger partial charge in [-0.05, 0) is 48.0 Å². The van der Waals surface area contributed by atoms with Crippen LogP contribution in [0.15, 0.2) is 60.8 Å². The summed E-state index contributed by atoms with van der Waals surface area (Å²) in [6.45, 7) is 3.53. The Morgan fingerprint density at radius 3 is 2.50 bits per heavy atom. The highest BCUT2D eigenvalue weighted by atomic mass is 35.5. The molecule has 28 heavy (non-hydrogen) atoms. The summed E-state index contributed by atoms with van der Waals surface area (Å²) in [5, 5.41) is 4.03. The fraction of sp³-hybridized carbons (Fsp3) is 0.238. The van der Waals surface area contributed by atoms with E-state index in [9.17, 15) is 0 Å². The summed E-state index contributed by atoms with van der Waals surface area (Å²) in [7, 11) is 0. The Hall–Kier alpha value is -2.83. The van der Waals surface area contributed by atoms with E-state index in [0.29, 0.717) is 19.8 Å². The maximum absolute atomic E-state index is 5.90. The summed E-state index contributed by atoms with van der Waals surface area (Å²) in [6, 6.07) is 17.3. The summed E-state index contributed by atoms with van der Waals surface area (Å²) >= 11 is 5.90. The van der Waals surface area contributed by atoms with Crippen molar-refractivity contribution in [2.75, 3.05) is 36.5 Å². The van der Waals surface area contributed by atoms with Crippen LogP contribution < -0.4 is 15.0 Å². The van der Waals surface area contributed by atoms with Crippen LogP contribution in [0.3, 0.4) is 0 Å². The van der Waals surface area contributed by atoms with E-state index in [-0.39, 0.29) is 0 Å². The largest absolute Gasteiger partial charge is 0.489 e. The van der Waals surface area contributed by atoms with Gasteiger partial charge in [-0.15, -0.1) is 0 Å². The van der Waals surface area contributed by atoms with Crippen LogP contribution >= 0.6 is 11.6 Å². The Morgan fingerprint density at radius 1 is 1.00 bits per heavy atom. The second kappa shape index (κ2) is 8.91. The van der Waals surface area contributed by atoms with Gasteiger partial charge in [0.2, 0.25) is 5.95 Å². The summed E-state index contributed by atoms with van der Waals surface area (Å²) in [4.78, 5) is 11.1. The van der Waals surface area contributed by atoms with Crippen molar-refractivity contribution in [3.05, 3.63) is 71.4 Å². The van der Waals surface area contributed by atoms with Gasteiger partial charge in [0, 0.05) is 30.0 Å². The van der Waals surface area contributed by atoms with Crippen LogP contribution in [0.5, 0.6) is 5.75 Å². The van der Waals surface area contributed by atoms with Crippen molar-refractivity contribution in [3.8, 4) is 5.75 Å². The normalized spacial score (nSPS) is 14.0. The van der Waals surface area contributed by atoms with Gasteiger partial charge >= 0.3 is 0 Å². The Bertz CT molecular complexity index is 897. The molecule has 0 unspecified atom stereocenters. The molecule has 0 amide bonds. The smallest absolute Gasteiger partial charge is 0.227 e. The molecule has 1 aliphatic rings. The average molecular weight is 397 g/mol. The molecule has 7 heteroatoms. The second-order valence-corrected chi connectivity index (χ2v) is 6.84. The number of rotatable bonds is 6. The molecule has 0 spiro atoms. The average Bonchev–Trinajstić information content (AvgIpc) is 2.75. The van der Waals surface area contributed by atoms with Gasteiger partial charge in [0.1, 0.15) is 18.2 Å². The predicted molar refractivity (Wildman–Crippen MR) is 111 cm³/mol. The van der Waals surface area contributed by atoms with Crippen LogP contribution in [0.25, 0.3) is 0 Å². The standard InChI is InChI=1S/C21H21ClN4O2/c22-17-3-1-16(2-4-17)15-28-19-7-5-18(6-8-19)24-20-9-10-23-21(25-20)26-11-13-27-14-12-26/h1-10H,11-15H2,(H,23,24,25). The number of hydrogen-bond acceptors (Lipinski definition) is 6. The Morgan fingerprint density at radius 2 is 1.75 bits per heavy atom. The molecular formula is C21H21ClN4O2. The lowest BCUT2D eigenvalue weighted by Crippen LogP contribution is -2.37. The first kappa shape index (κ1) is 18.5. The van der Waals surface area contributed by atoms with Crippen molar-refractivity contribution < 1.29 is 9.47 Å². The number of hydrogen-bond donors (Lipinski definition) is 1. The highest BCUT2D eigenvalue weighted by Crippen LogP contribution is 2.21. The van der Waals surface area contributed by atoms with Gasteiger partial charge in [-0.1, -0.05) is 23.7 Å². The highest BCUT2D eigenvalue weighted by molar-refractivity contribution is 6.30. The Labute approximate surface area is 169 Å². The summed E-state index contributed by atoms with van der Waals surface area (Å²) in [5.74, 6) is 2.28. The second-order valence-electron chi connectivity index (χ2n) is 6.41. The molecule has 0 radical (unpaired) electrons. The van der Waals surface area contributed by atoms with E-state index >= 15 is 0 Å². The minimum absolute atomic E-state index is 0.499. The number of aromatic nitrogens is 2. The van der Waals surface area contributed by atoms with E-state index < -0.39 is 0 Å². The van der Waals surface area contributed by atoms with Crippen molar-refractivity contribution in [1.29, 1.82) is 0 Å². The van der Waals surface area contributed by atoms with Crippen molar-refractivity contribution >= 4 is 29.1 Å². The van der Waals surface area contributed by atoms with Gasteiger partial charge < -0.3 is 19.7 Å². The van der Waals surface area contributed by atoms with Crippen molar-refractivity contribution in [1.82, 2.24) is 9.97 Å². The quantitative estimate of drug-likeness (QED) is 0.670. The molecule has 1 fully saturated rings. The number of nitrogens with zero attached hydrogens (tertiary/aromatic N) is 3. The van der Waals surface area contributed by atoms with Gasteiger partial charge in [0.15, 0.2) is 0 Å². The number of ether oxygens (including phenoxy) is 2. The monoisotopic (exact) mass is 396 g/mol. The van der Waals surface area contributed by atoms with Gasteiger partial charge in [0.05, 0.1) is 13.2 Å². The number of halogens is 1. The third-order valence-electron chi connectivity index (χ3n) is 4.38. The van der Waals surface area contributed by atoms with Crippen LogP contribution in [-0.4, -0.2) is 36.3 Å². The van der Waals surface area contributed by atoms with E-state index in [4.69, 9.17) is 21.1 Å². The first-order valence-corrected chi connectivity index (χ1v) is 9.54. The zero-order valence-corrected chi connectivity index (χ0v) is 16.1. The topological polar surface area (TPSA) is 59.5 Å². The summed E-state index contributed by atoms with van der Waals surface area (Å²) < 4.78 is 11.2. The van der Waals surface area contributed by atoms with E-state index in [1.54, 1.807) is 6.20 Å². The first-order chi connectivity index (χ1) is 13.8. The zero-order chi connectivity index (χ0) is 19.2. The zero-order valence-electron chi connectivity index (χ0n) is 15.3. The fourth-order valence-electron chi connectivity index (χ4n) is 2.86. The van der Waals surface area contributed by atoms with Gasteiger partial charge in [-0.3, -0.25) is 0 Å². The van der Waals surface area contributed by atoms with Crippen molar-refractivity contribution in [3.63, 3.8) is 0 Å². The molecule has 6 nitrogen and oxygen atoms in total. The van der Waals surface area contributed by atoms with Crippen molar-refractivity contribution in [2.24, 2.45) is 0 Å². The first-order valence-electron chi connectivity index (χ1n) is 9.16. The Kier molecular flexibility index (Phi) is 5.89. The SMILES string of the molecule is Clc1ccc(COc2ccc(Nc3ccnc(N4CCOCC4)n3)cc2)cc1. The molecule has 1 N–H and O–H groups in total. The molecule has 2 heterocycles. The molecule has 1 aromatic heterocycles. The van der Waals surface area contributed by atoms with Gasteiger partial charge in [0.25, 0.3) is 0 Å². The predicted octanol–water partition coefficient (Wildman–Crippen LogP) is 4.29. The third-order valence-corrected chi connectivity index (χ3v) is 4.63. The highest BCUT2D eigenvalue weighted by Gasteiger charge is 2.14.